The summed E-state index contributed by atoms with van der Waals surface area (Å²) in [6, 6.07) is 9.83. The number of nitrogens with two attached hydrogens (primary N) is 1. The first-order valence-corrected chi connectivity index (χ1v) is 4.58. The van der Waals surface area contributed by atoms with Gasteiger partial charge in [-0.15, -0.1) is 10.2 Å². The van der Waals surface area contributed by atoms with E-state index in [2.05, 4.69) is 15.6 Å². The fraction of sp³-hybridized carbons (Fsp3) is 0. The van der Waals surface area contributed by atoms with Gasteiger partial charge in [0.05, 0.1) is 11.2 Å². The molecule has 5 heteroatoms. The van der Waals surface area contributed by atoms with E-state index in [1.165, 1.54) is 0 Å². The molecule has 2 heterocycles. The highest BCUT2D eigenvalue weighted by molar-refractivity contribution is 5.93. The Morgan fingerprint density at radius 3 is 3.00 bits per heavy atom. The molecule has 0 saturated carbocycles. The number of hydrazine groups is 1. The lowest BCUT2D eigenvalue weighted by molar-refractivity contribution is 1.11. The number of benzene rings is 1. The van der Waals surface area contributed by atoms with Crippen LogP contribution in [0.3, 0.4) is 0 Å². The maximum absolute atomic E-state index is 5.47. The average molecular weight is 199 g/mol. The van der Waals surface area contributed by atoms with E-state index in [1.54, 1.807) is 6.33 Å². The van der Waals surface area contributed by atoms with Gasteiger partial charge in [0.15, 0.2) is 5.65 Å². The number of rotatable bonds is 1. The van der Waals surface area contributed by atoms with Crippen LogP contribution in [0.4, 0.5) is 5.69 Å². The van der Waals surface area contributed by atoms with Gasteiger partial charge in [-0.1, -0.05) is 18.2 Å². The molecule has 0 spiro atoms. The number of anilines is 1. The van der Waals surface area contributed by atoms with Crippen molar-refractivity contribution in [2.45, 2.75) is 0 Å². The Balaban J connectivity index is 2.58. The Morgan fingerprint density at radius 2 is 2.13 bits per heavy atom. The van der Waals surface area contributed by atoms with Crippen molar-refractivity contribution in [2.75, 3.05) is 5.43 Å². The molecule has 3 rings (SSSR count). The quantitative estimate of drug-likeness (QED) is 0.456. The molecule has 3 aromatic rings. The minimum absolute atomic E-state index is 0.779. The number of pyridine rings is 1. The maximum atomic E-state index is 5.47. The molecule has 0 saturated heterocycles. The van der Waals surface area contributed by atoms with Gasteiger partial charge in [-0.05, 0) is 6.07 Å². The van der Waals surface area contributed by atoms with Crippen LogP contribution in [0.1, 0.15) is 0 Å². The van der Waals surface area contributed by atoms with Crippen LogP contribution in [0.2, 0.25) is 0 Å². The molecule has 74 valence electrons. The van der Waals surface area contributed by atoms with Gasteiger partial charge in [-0.3, -0.25) is 10.2 Å². The molecule has 0 unspecified atom stereocenters. The van der Waals surface area contributed by atoms with Gasteiger partial charge >= 0.3 is 0 Å². The van der Waals surface area contributed by atoms with Gasteiger partial charge in [0.25, 0.3) is 0 Å². The van der Waals surface area contributed by atoms with Crippen molar-refractivity contribution in [3.05, 3.63) is 36.7 Å². The van der Waals surface area contributed by atoms with Crippen molar-refractivity contribution < 1.29 is 0 Å². The molecule has 15 heavy (non-hydrogen) atoms. The smallest absolute Gasteiger partial charge is 0.163 e. The summed E-state index contributed by atoms with van der Waals surface area (Å²) in [6.07, 6.45) is 1.69. The molecule has 1 aromatic carbocycles. The van der Waals surface area contributed by atoms with Crippen LogP contribution in [0.5, 0.6) is 0 Å². The van der Waals surface area contributed by atoms with E-state index < -0.39 is 0 Å². The van der Waals surface area contributed by atoms with Crippen LogP contribution in [0.15, 0.2) is 36.7 Å². The Labute approximate surface area is 85.5 Å². The second-order valence-electron chi connectivity index (χ2n) is 3.28. The van der Waals surface area contributed by atoms with E-state index in [4.69, 9.17) is 5.84 Å². The standard InChI is InChI=1S/C10H9N5/c11-13-8-5-10-14-12-6-15(10)9-4-2-1-3-7(8)9/h1-6,13H,11H2. The largest absolute Gasteiger partial charge is 0.323 e. The molecule has 5 nitrogen and oxygen atoms in total. The van der Waals surface area contributed by atoms with Crippen LogP contribution in [-0.2, 0) is 0 Å². The van der Waals surface area contributed by atoms with E-state index in [-0.39, 0.29) is 0 Å². The first-order valence-electron chi connectivity index (χ1n) is 4.58. The summed E-state index contributed by atoms with van der Waals surface area (Å²) in [5, 5.41) is 8.91. The minimum atomic E-state index is 0.779. The number of aromatic nitrogens is 3. The second-order valence-corrected chi connectivity index (χ2v) is 3.28. The third-order valence-corrected chi connectivity index (χ3v) is 2.46. The van der Waals surface area contributed by atoms with E-state index in [9.17, 15) is 0 Å². The summed E-state index contributed by atoms with van der Waals surface area (Å²) >= 11 is 0. The van der Waals surface area contributed by atoms with Crippen molar-refractivity contribution in [2.24, 2.45) is 5.84 Å². The summed E-state index contributed by atoms with van der Waals surface area (Å²) in [4.78, 5) is 0. The molecule has 0 radical (unpaired) electrons. The Kier molecular flexibility index (Phi) is 1.60. The van der Waals surface area contributed by atoms with Crippen LogP contribution >= 0.6 is 0 Å². The van der Waals surface area contributed by atoms with Crippen molar-refractivity contribution in [3.8, 4) is 0 Å². The highest BCUT2D eigenvalue weighted by Crippen LogP contribution is 2.23. The summed E-state index contributed by atoms with van der Waals surface area (Å²) < 4.78 is 1.93. The zero-order valence-corrected chi connectivity index (χ0v) is 7.88. The summed E-state index contributed by atoms with van der Waals surface area (Å²) in [6.45, 7) is 0. The van der Waals surface area contributed by atoms with Gasteiger partial charge < -0.3 is 5.43 Å². The van der Waals surface area contributed by atoms with E-state index in [0.29, 0.717) is 0 Å². The average Bonchev–Trinajstić information content (AvgIpc) is 2.76. The minimum Gasteiger partial charge on any atom is -0.323 e. The van der Waals surface area contributed by atoms with Gasteiger partial charge in [0.2, 0.25) is 0 Å². The number of hydrogen-bond donors (Lipinski definition) is 2. The zero-order valence-electron chi connectivity index (χ0n) is 7.88. The van der Waals surface area contributed by atoms with Gasteiger partial charge in [-0.2, -0.15) is 0 Å². The lowest BCUT2D eigenvalue weighted by Crippen LogP contribution is -2.07. The summed E-state index contributed by atoms with van der Waals surface area (Å²) in [7, 11) is 0. The molecular formula is C10H9N5. The number of nitrogens with one attached hydrogen (secondary N) is 1. The molecule has 0 aliphatic heterocycles. The molecule has 0 amide bonds. The summed E-state index contributed by atoms with van der Waals surface area (Å²) in [5.41, 5.74) is 5.34. The molecule has 0 aliphatic rings. The van der Waals surface area contributed by atoms with Crippen molar-refractivity contribution in [1.82, 2.24) is 14.6 Å². The predicted octanol–water partition coefficient (Wildman–Crippen LogP) is 1.17. The molecule has 0 fully saturated rings. The second kappa shape index (κ2) is 2.93. The third-order valence-electron chi connectivity index (χ3n) is 2.46. The monoisotopic (exact) mass is 199 g/mol. The molecule has 0 atom stereocenters. The number of hydrogen-bond acceptors (Lipinski definition) is 4. The number of nitrogens with zero attached hydrogens (tertiary/aromatic N) is 3. The van der Waals surface area contributed by atoms with E-state index in [0.717, 1.165) is 22.2 Å². The fourth-order valence-corrected chi connectivity index (χ4v) is 1.77. The zero-order chi connectivity index (χ0) is 10.3. The maximum Gasteiger partial charge on any atom is 0.163 e. The van der Waals surface area contributed by atoms with Crippen molar-refractivity contribution >= 4 is 22.2 Å². The molecular weight excluding hydrogens is 190 g/mol. The molecule has 0 aliphatic carbocycles. The van der Waals surface area contributed by atoms with Crippen molar-refractivity contribution in [1.29, 1.82) is 0 Å². The topological polar surface area (TPSA) is 68.2 Å². The lowest BCUT2D eigenvalue weighted by Gasteiger charge is -2.06. The van der Waals surface area contributed by atoms with Gasteiger partial charge in [0.1, 0.15) is 6.33 Å². The van der Waals surface area contributed by atoms with Gasteiger partial charge in [-0.25, -0.2) is 0 Å². The number of fused-ring (bicyclic) bond motifs is 3. The first-order chi connectivity index (χ1) is 7.40. The van der Waals surface area contributed by atoms with Crippen LogP contribution in [0, 0.1) is 0 Å². The highest BCUT2D eigenvalue weighted by Gasteiger charge is 2.05. The van der Waals surface area contributed by atoms with Crippen molar-refractivity contribution in [3.63, 3.8) is 0 Å². The molecule has 3 N–H and O–H groups in total. The van der Waals surface area contributed by atoms with E-state index in [1.807, 2.05) is 34.7 Å². The van der Waals surface area contributed by atoms with Crippen LogP contribution < -0.4 is 11.3 Å². The fourth-order valence-electron chi connectivity index (χ4n) is 1.77. The van der Waals surface area contributed by atoms with Gasteiger partial charge in [0, 0.05) is 11.5 Å². The summed E-state index contributed by atoms with van der Waals surface area (Å²) in [5.74, 6) is 5.47. The third kappa shape index (κ3) is 1.07. The van der Waals surface area contributed by atoms with Crippen LogP contribution in [0.25, 0.3) is 16.6 Å². The Bertz CT molecular complexity index is 628. The SMILES string of the molecule is NNc1cc2nncn2c2ccccc12. The molecule has 2 aromatic heterocycles. The normalized spacial score (nSPS) is 11.0. The lowest BCUT2D eigenvalue weighted by atomic mass is 10.2. The Hall–Kier alpha value is -2.14. The highest BCUT2D eigenvalue weighted by atomic mass is 15.2. The first kappa shape index (κ1) is 8.19. The predicted molar refractivity (Wildman–Crippen MR) is 58.3 cm³/mol. The Morgan fingerprint density at radius 1 is 1.27 bits per heavy atom. The number of para-hydroxylation sites is 1. The molecule has 0 bridgehead atoms. The van der Waals surface area contributed by atoms with E-state index >= 15 is 0 Å². The van der Waals surface area contributed by atoms with Crippen LogP contribution in [-0.4, -0.2) is 14.6 Å². The number of nitrogen functional groups attached to an aromatic ring is 1.